The molecule has 3 aromatic rings. The minimum atomic E-state index is 0.970. The lowest BCUT2D eigenvalue weighted by Gasteiger charge is -2.18. The molecule has 0 radical (unpaired) electrons. The molecule has 1 aliphatic heterocycles. The third-order valence-corrected chi connectivity index (χ3v) is 5.26. The van der Waals surface area contributed by atoms with E-state index in [4.69, 9.17) is 4.42 Å². The van der Waals surface area contributed by atoms with Gasteiger partial charge in [0.2, 0.25) is 0 Å². The van der Waals surface area contributed by atoms with Crippen LogP contribution < -0.4 is 4.90 Å². The summed E-state index contributed by atoms with van der Waals surface area (Å²) >= 11 is 1.85. The molecule has 0 saturated carbocycles. The van der Waals surface area contributed by atoms with Crippen LogP contribution in [0.1, 0.15) is 19.4 Å². The zero-order valence-corrected chi connectivity index (χ0v) is 13.3. The molecule has 2 aromatic carbocycles. The quantitative estimate of drug-likeness (QED) is 0.574. The number of rotatable bonds is 1. The van der Waals surface area contributed by atoms with Crippen LogP contribution in [0.15, 0.2) is 50.7 Å². The molecule has 0 aliphatic carbocycles. The molecule has 0 bridgehead atoms. The van der Waals surface area contributed by atoms with Crippen molar-refractivity contribution < 1.29 is 4.42 Å². The van der Waals surface area contributed by atoms with Gasteiger partial charge in [0.05, 0.1) is 16.1 Å². The van der Waals surface area contributed by atoms with Crippen LogP contribution in [0.2, 0.25) is 0 Å². The average Bonchev–Trinajstić information content (AvgIpc) is 3.03. The first-order valence-corrected chi connectivity index (χ1v) is 8.12. The Balaban J connectivity index is 2.14. The lowest BCUT2D eigenvalue weighted by Crippen LogP contribution is -2.16. The maximum absolute atomic E-state index is 6.04. The zero-order valence-electron chi connectivity index (χ0n) is 12.4. The molecule has 3 heteroatoms. The first-order chi connectivity index (χ1) is 10.2. The van der Waals surface area contributed by atoms with Gasteiger partial charge in [0.25, 0.3) is 0 Å². The van der Waals surface area contributed by atoms with Crippen LogP contribution in [0.3, 0.4) is 0 Å². The van der Waals surface area contributed by atoms with E-state index in [2.05, 4.69) is 62.1 Å². The standard InChI is InChI=1S/C18H17NOS/c1-4-16-19(5-2)18-15(21-16)9-8-14-17(18)12-10-11(3)6-7-13(12)20-14/h4,6-10H,5H2,1-3H3/b16-4-. The van der Waals surface area contributed by atoms with Gasteiger partial charge < -0.3 is 9.32 Å². The summed E-state index contributed by atoms with van der Waals surface area (Å²) in [6, 6.07) is 10.7. The van der Waals surface area contributed by atoms with Gasteiger partial charge >= 0.3 is 0 Å². The number of thioether (sulfide) groups is 1. The Labute approximate surface area is 128 Å². The highest BCUT2D eigenvalue weighted by Gasteiger charge is 2.27. The van der Waals surface area contributed by atoms with Crippen molar-refractivity contribution in [2.75, 3.05) is 11.4 Å². The van der Waals surface area contributed by atoms with Crippen LogP contribution in [0.4, 0.5) is 5.69 Å². The summed E-state index contributed by atoms with van der Waals surface area (Å²) in [6.07, 6.45) is 2.19. The Morgan fingerprint density at radius 3 is 2.76 bits per heavy atom. The molecule has 1 aromatic heterocycles. The van der Waals surface area contributed by atoms with E-state index < -0.39 is 0 Å². The molecule has 0 spiro atoms. The van der Waals surface area contributed by atoms with Crippen molar-refractivity contribution >= 4 is 39.4 Å². The Morgan fingerprint density at radius 2 is 2.00 bits per heavy atom. The number of fused-ring (bicyclic) bond motifs is 5. The molecular weight excluding hydrogens is 278 g/mol. The summed E-state index contributed by atoms with van der Waals surface area (Å²) in [5.41, 5.74) is 4.52. The number of hydrogen-bond acceptors (Lipinski definition) is 3. The normalized spacial score (nSPS) is 16.3. The summed E-state index contributed by atoms with van der Waals surface area (Å²) in [5.74, 6) is 0. The summed E-state index contributed by atoms with van der Waals surface area (Å²) in [5, 5.41) is 3.78. The third kappa shape index (κ3) is 1.74. The van der Waals surface area contributed by atoms with E-state index in [1.165, 1.54) is 31.9 Å². The number of hydrogen-bond donors (Lipinski definition) is 0. The molecule has 0 N–H and O–H groups in total. The predicted octanol–water partition coefficient (Wildman–Crippen LogP) is 5.69. The predicted molar refractivity (Wildman–Crippen MR) is 91.1 cm³/mol. The summed E-state index contributed by atoms with van der Waals surface area (Å²) in [4.78, 5) is 3.71. The van der Waals surface area contributed by atoms with Crippen LogP contribution in [0, 0.1) is 6.92 Å². The molecule has 0 atom stereocenters. The van der Waals surface area contributed by atoms with Crippen molar-refractivity contribution in [3.05, 3.63) is 47.0 Å². The van der Waals surface area contributed by atoms with Gasteiger partial charge in [-0.3, -0.25) is 0 Å². The second-order valence-corrected chi connectivity index (χ2v) is 6.42. The number of furan rings is 1. The highest BCUT2D eigenvalue weighted by Crippen LogP contribution is 2.51. The monoisotopic (exact) mass is 295 g/mol. The molecule has 2 nitrogen and oxygen atoms in total. The van der Waals surface area contributed by atoms with Crippen molar-refractivity contribution in [3.8, 4) is 0 Å². The maximum atomic E-state index is 6.04. The Morgan fingerprint density at radius 1 is 1.19 bits per heavy atom. The van der Waals surface area contributed by atoms with Crippen molar-refractivity contribution in [1.29, 1.82) is 0 Å². The van der Waals surface area contributed by atoms with E-state index in [0.717, 1.165) is 17.7 Å². The second-order valence-electron chi connectivity index (χ2n) is 5.36. The van der Waals surface area contributed by atoms with Crippen molar-refractivity contribution in [2.24, 2.45) is 0 Å². The van der Waals surface area contributed by atoms with Crippen molar-refractivity contribution in [2.45, 2.75) is 25.7 Å². The molecule has 0 saturated heterocycles. The molecule has 0 fully saturated rings. The number of nitrogens with zero attached hydrogens (tertiary/aromatic N) is 1. The Bertz CT molecular complexity index is 891. The van der Waals surface area contributed by atoms with Gasteiger partial charge in [-0.15, -0.1) is 0 Å². The van der Waals surface area contributed by atoms with Gasteiger partial charge in [0.1, 0.15) is 11.2 Å². The number of anilines is 1. The lowest BCUT2D eigenvalue weighted by atomic mass is 10.1. The van der Waals surface area contributed by atoms with Gasteiger partial charge in [0, 0.05) is 16.8 Å². The molecule has 4 rings (SSSR count). The molecule has 0 unspecified atom stereocenters. The number of allylic oxidation sites excluding steroid dienone is 1. The minimum Gasteiger partial charge on any atom is -0.456 e. The molecule has 0 amide bonds. The summed E-state index contributed by atoms with van der Waals surface area (Å²) in [6.45, 7) is 7.40. The Hall–Kier alpha value is -1.87. The largest absolute Gasteiger partial charge is 0.456 e. The van der Waals surface area contributed by atoms with E-state index in [0.29, 0.717) is 0 Å². The van der Waals surface area contributed by atoms with Gasteiger partial charge in [-0.2, -0.15) is 0 Å². The van der Waals surface area contributed by atoms with Crippen LogP contribution in [0.5, 0.6) is 0 Å². The highest BCUT2D eigenvalue weighted by atomic mass is 32.2. The lowest BCUT2D eigenvalue weighted by molar-refractivity contribution is 0.668. The van der Waals surface area contributed by atoms with E-state index in [1.807, 2.05) is 11.8 Å². The van der Waals surface area contributed by atoms with E-state index >= 15 is 0 Å². The fraction of sp³-hybridized carbons (Fsp3) is 0.222. The maximum Gasteiger partial charge on any atom is 0.137 e. The first-order valence-electron chi connectivity index (χ1n) is 7.30. The van der Waals surface area contributed by atoms with Gasteiger partial charge in [-0.25, -0.2) is 0 Å². The van der Waals surface area contributed by atoms with Crippen molar-refractivity contribution in [1.82, 2.24) is 0 Å². The van der Waals surface area contributed by atoms with E-state index in [9.17, 15) is 0 Å². The van der Waals surface area contributed by atoms with E-state index in [-0.39, 0.29) is 0 Å². The van der Waals surface area contributed by atoms with Crippen LogP contribution in [-0.4, -0.2) is 6.54 Å². The van der Waals surface area contributed by atoms with Crippen molar-refractivity contribution in [3.63, 3.8) is 0 Å². The minimum absolute atomic E-state index is 0.970. The molecule has 2 heterocycles. The summed E-state index contributed by atoms with van der Waals surface area (Å²) in [7, 11) is 0. The van der Waals surface area contributed by atoms with Crippen LogP contribution in [-0.2, 0) is 0 Å². The second kappa shape index (κ2) is 4.57. The summed E-state index contributed by atoms with van der Waals surface area (Å²) < 4.78 is 6.04. The average molecular weight is 295 g/mol. The molecule has 106 valence electrons. The first kappa shape index (κ1) is 12.8. The fourth-order valence-electron chi connectivity index (χ4n) is 3.10. The number of aryl methyl sites for hydroxylation is 1. The fourth-order valence-corrected chi connectivity index (χ4v) is 4.22. The smallest absolute Gasteiger partial charge is 0.137 e. The molecule has 1 aliphatic rings. The van der Waals surface area contributed by atoms with Crippen LogP contribution >= 0.6 is 11.8 Å². The topological polar surface area (TPSA) is 16.4 Å². The Kier molecular flexibility index (Phi) is 2.79. The van der Waals surface area contributed by atoms with Crippen LogP contribution in [0.25, 0.3) is 21.9 Å². The zero-order chi connectivity index (χ0) is 14.6. The molecule has 21 heavy (non-hydrogen) atoms. The number of benzene rings is 2. The van der Waals surface area contributed by atoms with Gasteiger partial charge in [-0.1, -0.05) is 29.5 Å². The van der Waals surface area contributed by atoms with Gasteiger partial charge in [0.15, 0.2) is 0 Å². The van der Waals surface area contributed by atoms with Gasteiger partial charge in [-0.05, 0) is 45.0 Å². The third-order valence-electron chi connectivity index (χ3n) is 4.04. The highest BCUT2D eigenvalue weighted by molar-refractivity contribution is 8.03. The molecular formula is C18H17NOS. The van der Waals surface area contributed by atoms with E-state index in [1.54, 1.807) is 0 Å². The SMILES string of the molecule is C/C=C1\Sc2ccc3oc4ccc(C)cc4c3c2N1CC.